The molecular weight excluding hydrogens is 356 g/mol. The molecular formula is C21H28N4O3. The van der Waals surface area contributed by atoms with E-state index in [0.29, 0.717) is 24.9 Å². The van der Waals surface area contributed by atoms with Gasteiger partial charge in [-0.25, -0.2) is 9.97 Å². The van der Waals surface area contributed by atoms with Crippen LogP contribution in [0.15, 0.2) is 36.7 Å². The topological polar surface area (TPSA) is 76.6 Å². The van der Waals surface area contributed by atoms with E-state index in [9.17, 15) is 4.79 Å². The quantitative estimate of drug-likeness (QED) is 0.705. The molecule has 0 bridgehead atoms. The standard InChI is InChI=1S/C21H28N4O3/c1-3-16-6-4-5-12-25(16)20-15-23-19(14-24-20)21(26)22-11-13-28-18-9-7-17(27-2)8-10-18/h7-10,14-16H,3-6,11-13H2,1-2H3,(H,22,26). The Bertz CT molecular complexity index is 749. The molecule has 1 aromatic heterocycles. The van der Waals surface area contributed by atoms with Gasteiger partial charge < -0.3 is 19.7 Å². The Morgan fingerprint density at radius 2 is 1.96 bits per heavy atom. The van der Waals surface area contributed by atoms with Gasteiger partial charge in [-0.2, -0.15) is 0 Å². The molecule has 0 spiro atoms. The van der Waals surface area contributed by atoms with Gasteiger partial charge in [0, 0.05) is 12.6 Å². The number of nitrogens with one attached hydrogen (secondary N) is 1. The fourth-order valence-electron chi connectivity index (χ4n) is 3.41. The second-order valence-corrected chi connectivity index (χ2v) is 6.79. The van der Waals surface area contributed by atoms with Crippen LogP contribution in [0.25, 0.3) is 0 Å². The highest BCUT2D eigenvalue weighted by Crippen LogP contribution is 2.24. The summed E-state index contributed by atoms with van der Waals surface area (Å²) < 4.78 is 10.7. The third kappa shape index (κ3) is 5.12. The number of nitrogens with zero attached hydrogens (tertiary/aromatic N) is 3. The van der Waals surface area contributed by atoms with E-state index in [1.165, 1.54) is 19.3 Å². The average Bonchev–Trinajstić information content (AvgIpc) is 2.77. The van der Waals surface area contributed by atoms with E-state index in [2.05, 4.69) is 27.1 Å². The van der Waals surface area contributed by atoms with Crippen LogP contribution in [-0.4, -0.2) is 48.7 Å². The van der Waals surface area contributed by atoms with Crippen LogP contribution in [0.5, 0.6) is 11.5 Å². The molecule has 7 nitrogen and oxygen atoms in total. The maximum atomic E-state index is 12.2. The molecule has 1 atom stereocenters. The highest BCUT2D eigenvalue weighted by Gasteiger charge is 2.22. The highest BCUT2D eigenvalue weighted by molar-refractivity contribution is 5.92. The van der Waals surface area contributed by atoms with E-state index >= 15 is 0 Å². The van der Waals surface area contributed by atoms with Crippen LogP contribution < -0.4 is 19.7 Å². The molecule has 2 heterocycles. The summed E-state index contributed by atoms with van der Waals surface area (Å²) in [5.74, 6) is 2.11. The molecule has 1 aliphatic heterocycles. The molecule has 1 saturated heterocycles. The second-order valence-electron chi connectivity index (χ2n) is 6.79. The lowest BCUT2D eigenvalue weighted by Crippen LogP contribution is -2.39. The number of aromatic nitrogens is 2. The lowest BCUT2D eigenvalue weighted by atomic mass is 10.0. The predicted molar refractivity (Wildman–Crippen MR) is 108 cm³/mol. The van der Waals surface area contributed by atoms with Crippen molar-refractivity contribution in [3.63, 3.8) is 0 Å². The number of carbonyl (C=O) groups excluding carboxylic acids is 1. The Balaban J connectivity index is 1.46. The van der Waals surface area contributed by atoms with E-state index in [-0.39, 0.29) is 5.91 Å². The van der Waals surface area contributed by atoms with Gasteiger partial charge in [0.1, 0.15) is 29.6 Å². The maximum Gasteiger partial charge on any atom is 0.271 e. The summed E-state index contributed by atoms with van der Waals surface area (Å²) >= 11 is 0. The number of hydrogen-bond acceptors (Lipinski definition) is 6. The Labute approximate surface area is 166 Å². The third-order valence-corrected chi connectivity index (χ3v) is 4.98. The SMILES string of the molecule is CCC1CCCCN1c1cnc(C(=O)NCCOc2ccc(OC)cc2)cn1. The zero-order valence-corrected chi connectivity index (χ0v) is 16.6. The van der Waals surface area contributed by atoms with Crippen LogP contribution in [0.2, 0.25) is 0 Å². The Kier molecular flexibility index (Phi) is 7.06. The maximum absolute atomic E-state index is 12.2. The van der Waals surface area contributed by atoms with Crippen LogP contribution in [0.3, 0.4) is 0 Å². The number of hydrogen-bond donors (Lipinski definition) is 1. The van der Waals surface area contributed by atoms with Crippen LogP contribution >= 0.6 is 0 Å². The van der Waals surface area contributed by atoms with Crippen molar-refractivity contribution in [3.05, 3.63) is 42.4 Å². The second kappa shape index (κ2) is 9.92. The van der Waals surface area contributed by atoms with Gasteiger partial charge in [0.25, 0.3) is 5.91 Å². The molecule has 150 valence electrons. The first-order chi connectivity index (χ1) is 13.7. The first-order valence-corrected chi connectivity index (χ1v) is 9.85. The van der Waals surface area contributed by atoms with E-state index in [1.54, 1.807) is 19.5 Å². The minimum Gasteiger partial charge on any atom is -0.497 e. The molecule has 2 aromatic rings. The number of piperidine rings is 1. The van der Waals surface area contributed by atoms with Gasteiger partial charge in [0.15, 0.2) is 0 Å². The van der Waals surface area contributed by atoms with Crippen LogP contribution in [0, 0.1) is 0 Å². The molecule has 28 heavy (non-hydrogen) atoms. The van der Waals surface area contributed by atoms with Crippen molar-refractivity contribution in [3.8, 4) is 11.5 Å². The molecule has 1 unspecified atom stereocenters. The summed E-state index contributed by atoms with van der Waals surface area (Å²) in [5, 5.41) is 2.81. The van der Waals surface area contributed by atoms with Gasteiger partial charge in [-0.3, -0.25) is 4.79 Å². The number of carbonyl (C=O) groups is 1. The molecule has 1 fully saturated rings. The van der Waals surface area contributed by atoms with Crippen LogP contribution in [0.1, 0.15) is 43.1 Å². The highest BCUT2D eigenvalue weighted by atomic mass is 16.5. The lowest BCUT2D eigenvalue weighted by molar-refractivity contribution is 0.0941. The van der Waals surface area contributed by atoms with Crippen molar-refractivity contribution >= 4 is 11.7 Å². The minimum atomic E-state index is -0.247. The van der Waals surface area contributed by atoms with E-state index < -0.39 is 0 Å². The summed E-state index contributed by atoms with van der Waals surface area (Å²) in [4.78, 5) is 23.3. The van der Waals surface area contributed by atoms with Crippen LogP contribution in [0.4, 0.5) is 5.82 Å². The van der Waals surface area contributed by atoms with Crippen LogP contribution in [-0.2, 0) is 0 Å². The average molecular weight is 384 g/mol. The smallest absolute Gasteiger partial charge is 0.271 e. The molecule has 1 aliphatic rings. The lowest BCUT2D eigenvalue weighted by Gasteiger charge is -2.35. The van der Waals surface area contributed by atoms with Gasteiger partial charge in [-0.05, 0) is 49.9 Å². The molecule has 1 amide bonds. The predicted octanol–water partition coefficient (Wildman–Crippen LogP) is 3.06. The summed E-state index contributed by atoms with van der Waals surface area (Å²) in [7, 11) is 1.62. The van der Waals surface area contributed by atoms with E-state index in [0.717, 1.165) is 30.3 Å². The molecule has 3 rings (SSSR count). The number of rotatable bonds is 8. The fraction of sp³-hybridized carbons (Fsp3) is 0.476. The van der Waals surface area contributed by atoms with Gasteiger partial charge in [0.2, 0.25) is 0 Å². The normalized spacial score (nSPS) is 16.5. The fourth-order valence-corrected chi connectivity index (χ4v) is 3.41. The van der Waals surface area contributed by atoms with Gasteiger partial charge in [0.05, 0.1) is 26.0 Å². The molecule has 0 saturated carbocycles. The van der Waals surface area contributed by atoms with Crippen molar-refractivity contribution < 1.29 is 14.3 Å². The zero-order valence-electron chi connectivity index (χ0n) is 16.6. The molecule has 7 heteroatoms. The minimum absolute atomic E-state index is 0.247. The largest absolute Gasteiger partial charge is 0.497 e. The number of benzene rings is 1. The number of amides is 1. The van der Waals surface area contributed by atoms with Gasteiger partial charge in [-0.1, -0.05) is 6.92 Å². The zero-order chi connectivity index (χ0) is 19.8. The van der Waals surface area contributed by atoms with Crippen molar-refractivity contribution in [1.82, 2.24) is 15.3 Å². The van der Waals surface area contributed by atoms with Gasteiger partial charge >= 0.3 is 0 Å². The van der Waals surface area contributed by atoms with E-state index in [4.69, 9.17) is 9.47 Å². The Hall–Kier alpha value is -2.83. The summed E-state index contributed by atoms with van der Waals surface area (Å²) in [5.41, 5.74) is 0.318. The molecule has 1 aromatic carbocycles. The number of anilines is 1. The van der Waals surface area contributed by atoms with Crippen molar-refractivity contribution in [2.45, 2.75) is 38.6 Å². The monoisotopic (exact) mass is 384 g/mol. The van der Waals surface area contributed by atoms with Gasteiger partial charge in [-0.15, -0.1) is 0 Å². The molecule has 1 N–H and O–H groups in total. The summed E-state index contributed by atoms with van der Waals surface area (Å²) in [6.45, 7) is 3.96. The van der Waals surface area contributed by atoms with Crippen molar-refractivity contribution in [2.75, 3.05) is 31.7 Å². The Morgan fingerprint density at radius 1 is 1.18 bits per heavy atom. The first kappa shape index (κ1) is 19.9. The summed E-state index contributed by atoms with van der Waals surface area (Å²) in [6, 6.07) is 7.83. The van der Waals surface area contributed by atoms with Crippen molar-refractivity contribution in [2.24, 2.45) is 0 Å². The molecule has 0 aliphatic carbocycles. The molecule has 0 radical (unpaired) electrons. The number of methoxy groups -OCH3 is 1. The summed E-state index contributed by atoms with van der Waals surface area (Å²) in [6.07, 6.45) is 7.98. The Morgan fingerprint density at radius 3 is 2.64 bits per heavy atom. The number of ether oxygens (including phenoxy) is 2. The van der Waals surface area contributed by atoms with Crippen molar-refractivity contribution in [1.29, 1.82) is 0 Å². The first-order valence-electron chi connectivity index (χ1n) is 9.85. The third-order valence-electron chi connectivity index (χ3n) is 4.98. The van der Waals surface area contributed by atoms with E-state index in [1.807, 2.05) is 24.3 Å².